The Bertz CT molecular complexity index is 397. The summed E-state index contributed by atoms with van der Waals surface area (Å²) in [5, 5.41) is 3.55. The van der Waals surface area contributed by atoms with Gasteiger partial charge in [-0.2, -0.15) is 0 Å². The van der Waals surface area contributed by atoms with Crippen molar-refractivity contribution in [2.24, 2.45) is 0 Å². The first kappa shape index (κ1) is 11.8. The molecule has 1 heterocycles. The summed E-state index contributed by atoms with van der Waals surface area (Å²) in [6.07, 6.45) is 1.84. The van der Waals surface area contributed by atoms with E-state index >= 15 is 0 Å². The van der Waals surface area contributed by atoms with Crippen molar-refractivity contribution in [3.05, 3.63) is 66.0 Å². The average Bonchev–Trinajstić information content (AvgIpc) is 2.38. The predicted molar refractivity (Wildman–Crippen MR) is 70.8 cm³/mol. The third-order valence-corrected chi connectivity index (χ3v) is 2.62. The summed E-state index contributed by atoms with van der Waals surface area (Å²) in [5.74, 6) is 0. The molecule has 1 unspecified atom stereocenters. The maximum absolute atomic E-state index is 4.45. The number of rotatable bonds is 4. The van der Waals surface area contributed by atoms with E-state index in [4.69, 9.17) is 0 Å². The molecule has 0 saturated heterocycles. The highest BCUT2D eigenvalue weighted by Crippen LogP contribution is 2.20. The molecule has 0 amide bonds. The molecule has 1 aromatic heterocycles. The lowest BCUT2D eigenvalue weighted by molar-refractivity contribution is 0.520. The van der Waals surface area contributed by atoms with Gasteiger partial charge in [-0.1, -0.05) is 36.4 Å². The zero-order chi connectivity index (χ0) is 12.1. The van der Waals surface area contributed by atoms with E-state index in [1.54, 1.807) is 0 Å². The number of aromatic nitrogens is 1. The second-order valence-corrected chi connectivity index (χ2v) is 4.42. The fourth-order valence-electron chi connectivity index (χ4n) is 1.88. The van der Waals surface area contributed by atoms with Crippen molar-refractivity contribution < 1.29 is 0 Å². The van der Waals surface area contributed by atoms with Crippen molar-refractivity contribution in [3.8, 4) is 0 Å². The lowest BCUT2D eigenvalue weighted by Gasteiger charge is -2.21. The molecule has 1 aromatic carbocycles. The second kappa shape index (κ2) is 5.60. The van der Waals surface area contributed by atoms with Crippen molar-refractivity contribution in [3.63, 3.8) is 0 Å². The van der Waals surface area contributed by atoms with Crippen molar-refractivity contribution in [1.82, 2.24) is 10.3 Å². The van der Waals surface area contributed by atoms with E-state index in [9.17, 15) is 0 Å². The molecule has 88 valence electrons. The van der Waals surface area contributed by atoms with Gasteiger partial charge < -0.3 is 5.32 Å². The standard InChI is InChI=1S/C15H18N2/c1-12(2)17-15(13-8-4-3-5-9-13)14-10-6-7-11-16-14/h3-12,15,17H,1-2H3. The van der Waals surface area contributed by atoms with Crippen LogP contribution in [0, 0.1) is 0 Å². The summed E-state index contributed by atoms with van der Waals surface area (Å²) in [6.45, 7) is 4.30. The highest BCUT2D eigenvalue weighted by Gasteiger charge is 2.15. The van der Waals surface area contributed by atoms with Gasteiger partial charge in [-0.3, -0.25) is 4.98 Å². The summed E-state index contributed by atoms with van der Waals surface area (Å²) in [5.41, 5.74) is 2.31. The molecule has 0 fully saturated rings. The molecular weight excluding hydrogens is 208 g/mol. The molecule has 2 nitrogen and oxygen atoms in total. The van der Waals surface area contributed by atoms with E-state index in [2.05, 4.69) is 54.5 Å². The van der Waals surface area contributed by atoms with Crippen molar-refractivity contribution in [2.75, 3.05) is 0 Å². The van der Waals surface area contributed by atoms with Gasteiger partial charge in [0.25, 0.3) is 0 Å². The van der Waals surface area contributed by atoms with E-state index < -0.39 is 0 Å². The number of hydrogen-bond acceptors (Lipinski definition) is 2. The molecule has 0 aliphatic rings. The van der Waals surface area contributed by atoms with Gasteiger partial charge >= 0.3 is 0 Å². The number of nitrogens with zero attached hydrogens (tertiary/aromatic N) is 1. The molecule has 2 aromatic rings. The quantitative estimate of drug-likeness (QED) is 0.866. The van der Waals surface area contributed by atoms with Gasteiger partial charge in [-0.15, -0.1) is 0 Å². The lowest BCUT2D eigenvalue weighted by atomic mass is 10.0. The Balaban J connectivity index is 2.32. The normalized spacial score (nSPS) is 12.6. The molecule has 0 bridgehead atoms. The van der Waals surface area contributed by atoms with Crippen LogP contribution in [0.3, 0.4) is 0 Å². The monoisotopic (exact) mass is 226 g/mol. The van der Waals surface area contributed by atoms with E-state index in [0.717, 1.165) is 5.69 Å². The predicted octanol–water partition coefficient (Wildman–Crippen LogP) is 3.17. The van der Waals surface area contributed by atoms with E-state index in [1.165, 1.54) is 5.56 Å². The molecule has 2 rings (SSSR count). The van der Waals surface area contributed by atoms with E-state index in [-0.39, 0.29) is 6.04 Å². The smallest absolute Gasteiger partial charge is 0.0753 e. The van der Waals surface area contributed by atoms with Gasteiger partial charge in [0.1, 0.15) is 0 Å². The Morgan fingerprint density at radius 2 is 1.65 bits per heavy atom. The Kier molecular flexibility index (Phi) is 3.89. The van der Waals surface area contributed by atoms with E-state index in [0.29, 0.717) is 6.04 Å². The van der Waals surface area contributed by atoms with Crippen molar-refractivity contribution >= 4 is 0 Å². The molecule has 0 spiro atoms. The summed E-state index contributed by atoms with van der Waals surface area (Å²) in [6, 6.07) is 17.0. The first-order valence-electron chi connectivity index (χ1n) is 5.99. The van der Waals surface area contributed by atoms with Crippen molar-refractivity contribution in [2.45, 2.75) is 25.9 Å². The highest BCUT2D eigenvalue weighted by atomic mass is 15.0. The molecule has 1 N–H and O–H groups in total. The molecule has 0 saturated carbocycles. The van der Waals surface area contributed by atoms with Crippen LogP contribution in [0.5, 0.6) is 0 Å². The van der Waals surface area contributed by atoms with Gasteiger partial charge in [-0.25, -0.2) is 0 Å². The van der Waals surface area contributed by atoms with Gasteiger partial charge in [0.15, 0.2) is 0 Å². The Morgan fingerprint density at radius 3 is 2.24 bits per heavy atom. The third-order valence-electron chi connectivity index (χ3n) is 2.62. The zero-order valence-electron chi connectivity index (χ0n) is 10.3. The first-order chi connectivity index (χ1) is 8.27. The summed E-state index contributed by atoms with van der Waals surface area (Å²) >= 11 is 0. The Hall–Kier alpha value is -1.67. The molecular formula is C15H18N2. The summed E-state index contributed by atoms with van der Waals surface area (Å²) in [4.78, 5) is 4.45. The Labute approximate surface area is 103 Å². The van der Waals surface area contributed by atoms with Crippen LogP contribution in [-0.4, -0.2) is 11.0 Å². The number of pyridine rings is 1. The lowest BCUT2D eigenvalue weighted by Crippen LogP contribution is -2.29. The van der Waals surface area contributed by atoms with Gasteiger partial charge in [0, 0.05) is 12.2 Å². The zero-order valence-corrected chi connectivity index (χ0v) is 10.3. The van der Waals surface area contributed by atoms with Crippen LogP contribution in [-0.2, 0) is 0 Å². The number of nitrogens with one attached hydrogen (secondary N) is 1. The summed E-state index contributed by atoms with van der Waals surface area (Å²) < 4.78 is 0. The van der Waals surface area contributed by atoms with Crippen LogP contribution in [0.25, 0.3) is 0 Å². The third kappa shape index (κ3) is 3.14. The molecule has 1 atom stereocenters. The molecule has 0 aliphatic carbocycles. The minimum absolute atomic E-state index is 0.164. The van der Waals surface area contributed by atoms with Crippen molar-refractivity contribution in [1.29, 1.82) is 0 Å². The molecule has 17 heavy (non-hydrogen) atoms. The van der Waals surface area contributed by atoms with Gasteiger partial charge in [-0.05, 0) is 31.5 Å². The second-order valence-electron chi connectivity index (χ2n) is 4.42. The largest absolute Gasteiger partial charge is 0.303 e. The fraction of sp³-hybridized carbons (Fsp3) is 0.267. The number of hydrogen-bond donors (Lipinski definition) is 1. The highest BCUT2D eigenvalue weighted by molar-refractivity contribution is 5.27. The molecule has 0 radical (unpaired) electrons. The first-order valence-corrected chi connectivity index (χ1v) is 5.99. The van der Waals surface area contributed by atoms with Gasteiger partial charge in [0.2, 0.25) is 0 Å². The minimum atomic E-state index is 0.164. The fourth-order valence-corrected chi connectivity index (χ4v) is 1.88. The average molecular weight is 226 g/mol. The van der Waals surface area contributed by atoms with Crippen LogP contribution in [0.4, 0.5) is 0 Å². The topological polar surface area (TPSA) is 24.9 Å². The minimum Gasteiger partial charge on any atom is -0.303 e. The molecule has 2 heteroatoms. The van der Waals surface area contributed by atoms with Crippen LogP contribution in [0.15, 0.2) is 54.7 Å². The Morgan fingerprint density at radius 1 is 0.941 bits per heavy atom. The van der Waals surface area contributed by atoms with E-state index in [1.807, 2.05) is 24.4 Å². The maximum Gasteiger partial charge on any atom is 0.0753 e. The summed E-state index contributed by atoms with van der Waals surface area (Å²) in [7, 11) is 0. The van der Waals surface area contributed by atoms with Gasteiger partial charge in [0.05, 0.1) is 11.7 Å². The molecule has 0 aliphatic heterocycles. The van der Waals surface area contributed by atoms with Crippen LogP contribution in [0.2, 0.25) is 0 Å². The van der Waals surface area contributed by atoms with Crippen LogP contribution < -0.4 is 5.32 Å². The maximum atomic E-state index is 4.45. The van der Waals surface area contributed by atoms with Crippen LogP contribution >= 0.6 is 0 Å². The number of benzene rings is 1. The SMILES string of the molecule is CC(C)NC(c1ccccc1)c1ccccn1. The van der Waals surface area contributed by atoms with Crippen LogP contribution in [0.1, 0.15) is 31.1 Å².